The zero-order chi connectivity index (χ0) is 10.7. The van der Waals surface area contributed by atoms with Gasteiger partial charge in [0.05, 0.1) is 12.8 Å². The number of nitrogens with zero attached hydrogens (tertiary/aromatic N) is 1. The third kappa shape index (κ3) is 1.96. The molecule has 0 atom stereocenters. The lowest BCUT2D eigenvalue weighted by atomic mass is 10.2. The molecule has 80 valence electrons. The van der Waals surface area contributed by atoms with E-state index in [1.807, 2.05) is 12.1 Å². The summed E-state index contributed by atoms with van der Waals surface area (Å²) in [7, 11) is 1.64. The minimum Gasteiger partial charge on any atom is -0.495 e. The van der Waals surface area contributed by atoms with Crippen molar-refractivity contribution in [2.24, 2.45) is 0 Å². The van der Waals surface area contributed by atoms with Crippen LogP contribution in [0.4, 0.5) is 5.69 Å². The summed E-state index contributed by atoms with van der Waals surface area (Å²) in [5.41, 5.74) is 1.76. The Morgan fingerprint density at radius 1 is 1.33 bits per heavy atom. The molecule has 0 N–H and O–H groups in total. The average molecular weight is 205 g/mol. The van der Waals surface area contributed by atoms with E-state index in [-0.39, 0.29) is 0 Å². The highest BCUT2D eigenvalue weighted by Crippen LogP contribution is 2.31. The Bertz CT molecular complexity index is 357. The van der Waals surface area contributed by atoms with Gasteiger partial charge in [0.15, 0.2) is 0 Å². The molecule has 1 aromatic rings. The maximum atomic E-state index is 10.6. The largest absolute Gasteiger partial charge is 0.495 e. The van der Waals surface area contributed by atoms with Crippen molar-refractivity contribution in [1.82, 2.24) is 0 Å². The highest BCUT2D eigenvalue weighted by atomic mass is 16.5. The van der Waals surface area contributed by atoms with Gasteiger partial charge in [-0.15, -0.1) is 0 Å². The molecule has 0 bridgehead atoms. The second-order valence-corrected chi connectivity index (χ2v) is 3.74. The van der Waals surface area contributed by atoms with Gasteiger partial charge in [0.1, 0.15) is 12.0 Å². The maximum absolute atomic E-state index is 10.6. The molecule has 3 nitrogen and oxygen atoms in total. The molecule has 1 fully saturated rings. The van der Waals surface area contributed by atoms with Crippen molar-refractivity contribution in [3.63, 3.8) is 0 Å². The van der Waals surface area contributed by atoms with Crippen LogP contribution in [0, 0.1) is 0 Å². The Labute approximate surface area is 89.7 Å². The number of aldehydes is 1. The van der Waals surface area contributed by atoms with E-state index in [1.54, 1.807) is 13.2 Å². The average Bonchev–Trinajstić information content (AvgIpc) is 2.81. The standard InChI is InChI=1S/C12H15NO2/c1-15-12-8-10(9-14)4-5-11(12)13-6-2-3-7-13/h4-5,8-9H,2-3,6-7H2,1H3. The van der Waals surface area contributed by atoms with Crippen molar-refractivity contribution in [1.29, 1.82) is 0 Å². The predicted octanol–water partition coefficient (Wildman–Crippen LogP) is 2.11. The summed E-state index contributed by atoms with van der Waals surface area (Å²) in [6.07, 6.45) is 3.31. The summed E-state index contributed by atoms with van der Waals surface area (Å²) in [6.45, 7) is 2.16. The molecule has 1 heterocycles. The summed E-state index contributed by atoms with van der Waals surface area (Å²) in [5, 5.41) is 0. The zero-order valence-electron chi connectivity index (χ0n) is 8.90. The zero-order valence-corrected chi connectivity index (χ0v) is 8.90. The molecule has 0 unspecified atom stereocenters. The molecule has 1 saturated heterocycles. The Kier molecular flexibility index (Phi) is 2.90. The van der Waals surface area contributed by atoms with E-state index in [0.29, 0.717) is 5.56 Å². The van der Waals surface area contributed by atoms with Crippen molar-refractivity contribution in [2.45, 2.75) is 12.8 Å². The fraction of sp³-hybridized carbons (Fsp3) is 0.417. The van der Waals surface area contributed by atoms with Crippen LogP contribution in [0.3, 0.4) is 0 Å². The van der Waals surface area contributed by atoms with E-state index in [2.05, 4.69) is 4.90 Å². The van der Waals surface area contributed by atoms with Gasteiger partial charge in [-0.05, 0) is 31.0 Å². The topological polar surface area (TPSA) is 29.5 Å². The van der Waals surface area contributed by atoms with Crippen LogP contribution in [0.1, 0.15) is 23.2 Å². The first kappa shape index (κ1) is 10.0. The quantitative estimate of drug-likeness (QED) is 0.708. The Hall–Kier alpha value is -1.51. The van der Waals surface area contributed by atoms with Crippen LogP contribution in [0.15, 0.2) is 18.2 Å². The number of hydrogen-bond acceptors (Lipinski definition) is 3. The molecule has 2 rings (SSSR count). The van der Waals surface area contributed by atoms with Crippen molar-refractivity contribution in [3.8, 4) is 5.75 Å². The van der Waals surface area contributed by atoms with Crippen molar-refractivity contribution >= 4 is 12.0 Å². The van der Waals surface area contributed by atoms with E-state index >= 15 is 0 Å². The summed E-state index contributed by atoms with van der Waals surface area (Å²) < 4.78 is 5.30. The fourth-order valence-electron chi connectivity index (χ4n) is 1.99. The summed E-state index contributed by atoms with van der Waals surface area (Å²) in [4.78, 5) is 12.9. The number of benzene rings is 1. The number of ether oxygens (including phenoxy) is 1. The van der Waals surface area contributed by atoms with Crippen molar-refractivity contribution < 1.29 is 9.53 Å². The van der Waals surface area contributed by atoms with Gasteiger partial charge in [0.2, 0.25) is 0 Å². The van der Waals surface area contributed by atoms with Crippen LogP contribution in [-0.4, -0.2) is 26.5 Å². The van der Waals surface area contributed by atoms with E-state index in [0.717, 1.165) is 30.8 Å². The molecule has 1 aliphatic rings. The number of carbonyl (C=O) groups excluding carboxylic acids is 1. The van der Waals surface area contributed by atoms with E-state index < -0.39 is 0 Å². The van der Waals surface area contributed by atoms with Crippen LogP contribution in [0.5, 0.6) is 5.75 Å². The van der Waals surface area contributed by atoms with Gasteiger partial charge in [-0.2, -0.15) is 0 Å². The number of methoxy groups -OCH3 is 1. The first-order valence-corrected chi connectivity index (χ1v) is 5.23. The maximum Gasteiger partial charge on any atom is 0.150 e. The van der Waals surface area contributed by atoms with E-state index in [9.17, 15) is 4.79 Å². The highest BCUT2D eigenvalue weighted by molar-refractivity contribution is 5.78. The molecule has 1 aliphatic heterocycles. The van der Waals surface area contributed by atoms with E-state index in [4.69, 9.17) is 4.74 Å². The number of hydrogen-bond donors (Lipinski definition) is 0. The molecule has 0 saturated carbocycles. The second-order valence-electron chi connectivity index (χ2n) is 3.74. The third-order valence-corrected chi connectivity index (χ3v) is 2.79. The molecule has 0 spiro atoms. The highest BCUT2D eigenvalue weighted by Gasteiger charge is 2.16. The van der Waals surface area contributed by atoms with Crippen LogP contribution in [0.2, 0.25) is 0 Å². The molecule has 15 heavy (non-hydrogen) atoms. The van der Waals surface area contributed by atoms with Gasteiger partial charge in [0.25, 0.3) is 0 Å². The molecule has 3 heteroatoms. The van der Waals surface area contributed by atoms with Crippen LogP contribution < -0.4 is 9.64 Å². The van der Waals surface area contributed by atoms with Gasteiger partial charge in [-0.25, -0.2) is 0 Å². The summed E-state index contributed by atoms with van der Waals surface area (Å²) >= 11 is 0. The van der Waals surface area contributed by atoms with Crippen LogP contribution in [0.25, 0.3) is 0 Å². The molecule has 0 aliphatic carbocycles. The normalized spacial score (nSPS) is 15.4. The molecular formula is C12H15NO2. The van der Waals surface area contributed by atoms with Gasteiger partial charge in [-0.3, -0.25) is 4.79 Å². The van der Waals surface area contributed by atoms with E-state index in [1.165, 1.54) is 12.8 Å². The van der Waals surface area contributed by atoms with Crippen molar-refractivity contribution in [2.75, 3.05) is 25.1 Å². The molecule has 0 radical (unpaired) electrons. The lowest BCUT2D eigenvalue weighted by Gasteiger charge is -2.20. The first-order chi connectivity index (χ1) is 7.35. The number of carbonyl (C=O) groups is 1. The van der Waals surface area contributed by atoms with Gasteiger partial charge in [0, 0.05) is 18.7 Å². The molecular weight excluding hydrogens is 190 g/mol. The fourth-order valence-corrected chi connectivity index (χ4v) is 1.99. The lowest BCUT2D eigenvalue weighted by molar-refractivity contribution is 0.112. The number of anilines is 1. The van der Waals surface area contributed by atoms with Crippen LogP contribution >= 0.6 is 0 Å². The molecule has 0 aromatic heterocycles. The lowest BCUT2D eigenvalue weighted by Crippen LogP contribution is -2.18. The SMILES string of the molecule is COc1cc(C=O)ccc1N1CCCC1. The van der Waals surface area contributed by atoms with Gasteiger partial charge < -0.3 is 9.64 Å². The van der Waals surface area contributed by atoms with Gasteiger partial charge in [-0.1, -0.05) is 0 Å². The Balaban J connectivity index is 2.33. The molecule has 1 aromatic carbocycles. The predicted molar refractivity (Wildman–Crippen MR) is 59.8 cm³/mol. The Morgan fingerprint density at radius 3 is 2.67 bits per heavy atom. The molecule has 0 amide bonds. The minimum atomic E-state index is 0.662. The first-order valence-electron chi connectivity index (χ1n) is 5.23. The van der Waals surface area contributed by atoms with Crippen molar-refractivity contribution in [3.05, 3.63) is 23.8 Å². The second kappa shape index (κ2) is 4.34. The summed E-state index contributed by atoms with van der Waals surface area (Å²) in [5.74, 6) is 0.793. The smallest absolute Gasteiger partial charge is 0.150 e. The third-order valence-electron chi connectivity index (χ3n) is 2.79. The minimum absolute atomic E-state index is 0.662. The summed E-state index contributed by atoms with van der Waals surface area (Å²) in [6, 6.07) is 5.59. The monoisotopic (exact) mass is 205 g/mol. The van der Waals surface area contributed by atoms with Gasteiger partial charge >= 0.3 is 0 Å². The Morgan fingerprint density at radius 2 is 2.07 bits per heavy atom. The van der Waals surface area contributed by atoms with Crippen LogP contribution in [-0.2, 0) is 0 Å². The number of rotatable bonds is 3.